The van der Waals surface area contributed by atoms with Crippen LogP contribution in [0.4, 0.5) is 15.3 Å². The van der Waals surface area contributed by atoms with Crippen LogP contribution in [0.3, 0.4) is 0 Å². The SMILES string of the molecule is COc1ccc(I)cc1N1CCC(=O)N(CNC(=O)[C@H](Cc2ccccc2)NC(=O)O)C1=O. The van der Waals surface area contributed by atoms with Crippen LogP contribution in [0.5, 0.6) is 5.75 Å². The molecular weight excluding hydrogens is 543 g/mol. The summed E-state index contributed by atoms with van der Waals surface area (Å²) in [5.74, 6) is -0.603. The maximum absolute atomic E-state index is 13.1. The van der Waals surface area contributed by atoms with Crippen molar-refractivity contribution in [1.82, 2.24) is 15.5 Å². The van der Waals surface area contributed by atoms with E-state index in [-0.39, 0.29) is 26.1 Å². The minimum atomic E-state index is -1.35. The van der Waals surface area contributed by atoms with Gasteiger partial charge in [0, 0.05) is 23.0 Å². The van der Waals surface area contributed by atoms with Gasteiger partial charge in [-0.2, -0.15) is 0 Å². The summed E-state index contributed by atoms with van der Waals surface area (Å²) in [5, 5.41) is 13.8. The van der Waals surface area contributed by atoms with Gasteiger partial charge in [-0.1, -0.05) is 30.3 Å². The molecule has 1 aliphatic heterocycles. The molecule has 1 saturated heterocycles. The van der Waals surface area contributed by atoms with E-state index in [0.717, 1.165) is 14.0 Å². The maximum atomic E-state index is 13.1. The Morgan fingerprint density at radius 2 is 1.91 bits per heavy atom. The number of hydrogen-bond acceptors (Lipinski definition) is 5. The van der Waals surface area contributed by atoms with E-state index < -0.39 is 30.0 Å². The monoisotopic (exact) mass is 566 g/mol. The number of nitrogens with one attached hydrogen (secondary N) is 2. The van der Waals surface area contributed by atoms with Crippen LogP contribution in [0.2, 0.25) is 0 Å². The predicted molar refractivity (Wildman–Crippen MR) is 128 cm³/mol. The van der Waals surface area contributed by atoms with Crippen molar-refractivity contribution in [3.8, 4) is 5.75 Å². The molecule has 1 heterocycles. The van der Waals surface area contributed by atoms with Gasteiger partial charge in [0.2, 0.25) is 11.8 Å². The molecule has 0 radical (unpaired) electrons. The van der Waals surface area contributed by atoms with Gasteiger partial charge in [0.25, 0.3) is 0 Å². The zero-order valence-corrected chi connectivity index (χ0v) is 19.9. The van der Waals surface area contributed by atoms with E-state index >= 15 is 0 Å². The highest BCUT2D eigenvalue weighted by Gasteiger charge is 2.35. The van der Waals surface area contributed by atoms with E-state index in [1.54, 1.807) is 36.4 Å². The molecule has 2 aromatic rings. The van der Waals surface area contributed by atoms with Crippen LogP contribution in [-0.2, 0) is 16.0 Å². The normalized spacial score (nSPS) is 14.6. The first-order chi connectivity index (χ1) is 15.8. The maximum Gasteiger partial charge on any atom is 0.405 e. The van der Waals surface area contributed by atoms with Crippen molar-refractivity contribution < 1.29 is 29.0 Å². The second-order valence-corrected chi connectivity index (χ2v) is 8.46. The summed E-state index contributed by atoms with van der Waals surface area (Å²) in [6.45, 7) is -0.207. The van der Waals surface area contributed by atoms with Crippen molar-refractivity contribution >= 4 is 52.2 Å². The summed E-state index contributed by atoms with van der Waals surface area (Å²) in [6, 6.07) is 12.6. The third-order valence-corrected chi connectivity index (χ3v) is 5.72. The fourth-order valence-corrected chi connectivity index (χ4v) is 3.91. The van der Waals surface area contributed by atoms with Crippen LogP contribution in [0.1, 0.15) is 12.0 Å². The molecule has 10 nitrogen and oxygen atoms in total. The summed E-state index contributed by atoms with van der Waals surface area (Å²) >= 11 is 2.12. The van der Waals surface area contributed by atoms with E-state index in [0.29, 0.717) is 11.4 Å². The van der Waals surface area contributed by atoms with E-state index in [1.807, 2.05) is 12.1 Å². The molecule has 0 saturated carbocycles. The first-order valence-corrected chi connectivity index (χ1v) is 11.1. The van der Waals surface area contributed by atoms with Crippen molar-refractivity contribution in [2.24, 2.45) is 0 Å². The van der Waals surface area contributed by atoms with Crippen molar-refractivity contribution in [1.29, 1.82) is 0 Å². The van der Waals surface area contributed by atoms with E-state index in [1.165, 1.54) is 12.0 Å². The highest BCUT2D eigenvalue weighted by molar-refractivity contribution is 14.1. The number of methoxy groups -OCH3 is 1. The van der Waals surface area contributed by atoms with Gasteiger partial charge >= 0.3 is 12.1 Å². The number of amides is 5. The number of carbonyl (C=O) groups is 4. The zero-order valence-electron chi connectivity index (χ0n) is 17.8. The fourth-order valence-electron chi connectivity index (χ4n) is 3.43. The summed E-state index contributed by atoms with van der Waals surface area (Å²) in [6.07, 6.45) is -1.17. The number of benzene rings is 2. The Balaban J connectivity index is 1.72. The topological polar surface area (TPSA) is 128 Å². The molecule has 1 atom stereocenters. The van der Waals surface area contributed by atoms with Crippen LogP contribution in [-0.4, -0.2) is 60.3 Å². The Kier molecular flexibility index (Phi) is 8.09. The number of rotatable bonds is 8. The lowest BCUT2D eigenvalue weighted by molar-refractivity contribution is -0.130. The fraction of sp³-hybridized carbons (Fsp3) is 0.273. The highest BCUT2D eigenvalue weighted by atomic mass is 127. The van der Waals surface area contributed by atoms with Gasteiger partial charge in [-0.15, -0.1) is 0 Å². The Morgan fingerprint density at radius 3 is 2.58 bits per heavy atom. The van der Waals surface area contributed by atoms with Crippen LogP contribution in [0, 0.1) is 3.57 Å². The predicted octanol–water partition coefficient (Wildman–Crippen LogP) is 2.41. The molecule has 3 rings (SSSR count). The first-order valence-electron chi connectivity index (χ1n) is 10.1. The minimum absolute atomic E-state index is 0.0665. The van der Waals surface area contributed by atoms with Gasteiger partial charge in [-0.3, -0.25) is 14.5 Å². The number of anilines is 1. The van der Waals surface area contributed by atoms with Crippen molar-refractivity contribution in [3.05, 3.63) is 57.7 Å². The van der Waals surface area contributed by atoms with Crippen LogP contribution >= 0.6 is 22.6 Å². The molecule has 11 heteroatoms. The number of carbonyl (C=O) groups excluding carboxylic acids is 3. The lowest BCUT2D eigenvalue weighted by Gasteiger charge is -2.35. The number of hydrogen-bond donors (Lipinski definition) is 3. The number of carboxylic acid groups (broad SMARTS) is 1. The third kappa shape index (κ3) is 6.12. The lowest BCUT2D eigenvalue weighted by Crippen LogP contribution is -2.57. The molecule has 0 unspecified atom stereocenters. The minimum Gasteiger partial charge on any atom is -0.495 e. The summed E-state index contributed by atoms with van der Waals surface area (Å²) in [5.41, 5.74) is 1.28. The Hall–Kier alpha value is -3.35. The van der Waals surface area contributed by atoms with Crippen molar-refractivity contribution in [2.75, 3.05) is 25.2 Å². The standard InChI is InChI=1S/C22H23IN4O6/c1-33-18-8-7-15(23)12-17(18)26-10-9-19(28)27(22(26)32)13-24-20(29)16(25-21(30)31)11-14-5-3-2-4-6-14/h2-8,12,16,25H,9-11,13H2,1H3,(H,24,29)(H,30,31)/t16-/m0/s1. The molecule has 33 heavy (non-hydrogen) atoms. The van der Waals surface area contributed by atoms with Gasteiger partial charge in [-0.05, 0) is 46.4 Å². The van der Waals surface area contributed by atoms with Gasteiger partial charge in [0.05, 0.1) is 12.8 Å². The van der Waals surface area contributed by atoms with Crippen LogP contribution in [0.25, 0.3) is 0 Å². The number of imide groups is 1. The van der Waals surface area contributed by atoms with Crippen LogP contribution in [0.15, 0.2) is 48.5 Å². The summed E-state index contributed by atoms with van der Waals surface area (Å²) in [7, 11) is 1.49. The molecule has 0 aromatic heterocycles. The van der Waals surface area contributed by atoms with Crippen molar-refractivity contribution in [2.45, 2.75) is 18.9 Å². The molecule has 0 spiro atoms. The smallest absolute Gasteiger partial charge is 0.405 e. The van der Waals surface area contributed by atoms with Gasteiger partial charge in [-0.25, -0.2) is 14.5 Å². The average molecular weight is 566 g/mol. The molecule has 174 valence electrons. The lowest BCUT2D eigenvalue weighted by atomic mass is 10.1. The van der Waals surface area contributed by atoms with Gasteiger partial charge in [0.1, 0.15) is 18.5 Å². The van der Waals surface area contributed by atoms with E-state index in [9.17, 15) is 19.2 Å². The van der Waals surface area contributed by atoms with Gasteiger partial charge in [0.15, 0.2) is 0 Å². The second kappa shape index (κ2) is 11.0. The summed E-state index contributed by atoms with van der Waals surface area (Å²) < 4.78 is 6.24. The largest absolute Gasteiger partial charge is 0.495 e. The molecule has 1 fully saturated rings. The highest BCUT2D eigenvalue weighted by Crippen LogP contribution is 2.32. The van der Waals surface area contributed by atoms with E-state index in [2.05, 4.69) is 33.2 Å². The Morgan fingerprint density at radius 1 is 1.18 bits per heavy atom. The van der Waals surface area contributed by atoms with Crippen LogP contribution < -0.4 is 20.3 Å². The Labute approximate surface area is 204 Å². The number of urea groups is 1. The molecule has 0 bridgehead atoms. The second-order valence-electron chi connectivity index (χ2n) is 7.21. The van der Waals surface area contributed by atoms with E-state index in [4.69, 9.17) is 9.84 Å². The number of ether oxygens (including phenoxy) is 1. The third-order valence-electron chi connectivity index (χ3n) is 5.05. The Bertz CT molecular complexity index is 1050. The first kappa shape index (κ1) is 24.3. The van der Waals surface area contributed by atoms with Crippen molar-refractivity contribution in [3.63, 3.8) is 0 Å². The average Bonchev–Trinajstić information content (AvgIpc) is 2.79. The molecule has 2 aromatic carbocycles. The number of nitrogens with zero attached hydrogens (tertiary/aromatic N) is 2. The molecular formula is C22H23IN4O6. The van der Waals surface area contributed by atoms with Gasteiger partial charge < -0.3 is 20.5 Å². The zero-order chi connectivity index (χ0) is 24.0. The number of halogens is 1. The summed E-state index contributed by atoms with van der Waals surface area (Å²) in [4.78, 5) is 51.8. The quantitative estimate of drug-likeness (QED) is 0.422. The molecule has 5 amide bonds. The molecule has 0 aliphatic carbocycles. The molecule has 3 N–H and O–H groups in total. The molecule has 1 aliphatic rings.